The molecule has 3 aromatic rings. The number of pyridine rings is 1. The lowest BCUT2D eigenvalue weighted by atomic mass is 9.99. The molecule has 1 fully saturated rings. The van der Waals surface area contributed by atoms with E-state index in [9.17, 15) is 4.79 Å². The first-order chi connectivity index (χ1) is 11.3. The number of ether oxygens (including phenoxy) is 1. The highest BCUT2D eigenvalue weighted by Crippen LogP contribution is 2.39. The Labute approximate surface area is 137 Å². The minimum absolute atomic E-state index is 0.225. The molecule has 0 bridgehead atoms. The Hall–Kier alpha value is -2.66. The number of cyclic esters (lactones) is 1. The van der Waals surface area contributed by atoms with Crippen molar-refractivity contribution in [2.45, 2.75) is 12.1 Å². The van der Waals surface area contributed by atoms with Crippen LogP contribution in [0.2, 0.25) is 0 Å². The number of hydrogen-bond donors (Lipinski definition) is 1. The fourth-order valence-corrected chi connectivity index (χ4v) is 3.56. The van der Waals surface area contributed by atoms with Gasteiger partial charge in [-0.2, -0.15) is 0 Å². The number of alkyl carbamates (subject to hydrolysis) is 1. The van der Waals surface area contributed by atoms with E-state index in [1.807, 2.05) is 54.0 Å². The Balaban J connectivity index is 1.71. The molecule has 114 valence electrons. The van der Waals surface area contributed by atoms with E-state index in [1.165, 1.54) is 0 Å². The van der Waals surface area contributed by atoms with Crippen LogP contribution in [-0.2, 0) is 4.74 Å². The first-order valence-electron chi connectivity index (χ1n) is 7.32. The number of aromatic nitrogens is 1. The molecule has 4 nitrogen and oxygen atoms in total. The summed E-state index contributed by atoms with van der Waals surface area (Å²) in [6.07, 6.45) is 2.91. The van der Waals surface area contributed by atoms with Crippen LogP contribution < -0.4 is 5.32 Å². The molecule has 0 unspecified atom stereocenters. The van der Waals surface area contributed by atoms with Gasteiger partial charge in [0, 0.05) is 22.8 Å². The van der Waals surface area contributed by atoms with E-state index in [0.29, 0.717) is 0 Å². The van der Waals surface area contributed by atoms with Crippen molar-refractivity contribution in [3.05, 3.63) is 76.7 Å². The number of benzene rings is 1. The van der Waals surface area contributed by atoms with Crippen molar-refractivity contribution in [1.29, 1.82) is 0 Å². The van der Waals surface area contributed by atoms with Crippen LogP contribution in [0.4, 0.5) is 4.79 Å². The molecule has 1 aliphatic rings. The van der Waals surface area contributed by atoms with E-state index in [0.717, 1.165) is 21.6 Å². The average molecular weight is 322 g/mol. The van der Waals surface area contributed by atoms with Gasteiger partial charge in [-0.15, -0.1) is 11.3 Å². The molecule has 0 aliphatic carbocycles. The van der Waals surface area contributed by atoms with Gasteiger partial charge in [-0.1, -0.05) is 36.4 Å². The maximum Gasteiger partial charge on any atom is 0.408 e. The quantitative estimate of drug-likeness (QED) is 0.781. The zero-order chi connectivity index (χ0) is 15.6. The topological polar surface area (TPSA) is 51.2 Å². The molecule has 23 heavy (non-hydrogen) atoms. The van der Waals surface area contributed by atoms with Crippen molar-refractivity contribution in [1.82, 2.24) is 10.3 Å². The molecular weight excluding hydrogens is 308 g/mol. The van der Waals surface area contributed by atoms with Crippen LogP contribution in [0, 0.1) is 0 Å². The van der Waals surface area contributed by atoms with E-state index in [1.54, 1.807) is 17.5 Å². The van der Waals surface area contributed by atoms with Gasteiger partial charge in [0.05, 0.1) is 0 Å². The van der Waals surface area contributed by atoms with E-state index < -0.39 is 6.09 Å². The lowest BCUT2D eigenvalue weighted by molar-refractivity contribution is 0.134. The predicted octanol–water partition coefficient (Wildman–Crippen LogP) is 4.33. The molecule has 0 radical (unpaired) electrons. The van der Waals surface area contributed by atoms with Crippen LogP contribution in [0.3, 0.4) is 0 Å². The van der Waals surface area contributed by atoms with Gasteiger partial charge in [-0.05, 0) is 28.6 Å². The third-order valence-corrected chi connectivity index (χ3v) is 4.79. The minimum Gasteiger partial charge on any atom is -0.438 e. The monoisotopic (exact) mass is 322 g/mol. The van der Waals surface area contributed by atoms with Gasteiger partial charge in [0.2, 0.25) is 0 Å². The minimum atomic E-state index is -0.390. The van der Waals surface area contributed by atoms with Crippen molar-refractivity contribution in [3.63, 3.8) is 0 Å². The van der Waals surface area contributed by atoms with Crippen molar-refractivity contribution in [3.8, 4) is 11.1 Å². The zero-order valence-corrected chi connectivity index (χ0v) is 13.0. The van der Waals surface area contributed by atoms with Crippen LogP contribution in [0.25, 0.3) is 11.1 Å². The van der Waals surface area contributed by atoms with E-state index in [4.69, 9.17) is 4.74 Å². The number of amides is 1. The highest BCUT2D eigenvalue weighted by Gasteiger charge is 2.37. The van der Waals surface area contributed by atoms with Crippen LogP contribution in [-0.4, -0.2) is 11.1 Å². The zero-order valence-electron chi connectivity index (χ0n) is 12.2. The lowest BCUT2D eigenvalue weighted by Gasteiger charge is -2.16. The maximum atomic E-state index is 11.7. The molecule has 1 saturated heterocycles. The number of nitrogens with zero attached hydrogens (tertiary/aromatic N) is 1. The van der Waals surface area contributed by atoms with Gasteiger partial charge in [-0.3, -0.25) is 4.98 Å². The Morgan fingerprint density at radius 2 is 1.91 bits per heavy atom. The molecule has 4 rings (SSSR count). The van der Waals surface area contributed by atoms with E-state index >= 15 is 0 Å². The predicted molar refractivity (Wildman–Crippen MR) is 89.1 cm³/mol. The first kappa shape index (κ1) is 14.0. The lowest BCUT2D eigenvalue weighted by Crippen LogP contribution is -2.19. The van der Waals surface area contributed by atoms with Gasteiger partial charge in [0.25, 0.3) is 0 Å². The number of carbonyl (C=O) groups is 1. The number of rotatable bonds is 3. The summed E-state index contributed by atoms with van der Waals surface area (Å²) >= 11 is 1.58. The maximum absolute atomic E-state index is 11.7. The second-order valence-electron chi connectivity index (χ2n) is 5.34. The molecule has 1 N–H and O–H groups in total. The van der Waals surface area contributed by atoms with Gasteiger partial charge in [0.1, 0.15) is 6.04 Å². The molecule has 1 amide bonds. The molecule has 2 aromatic heterocycles. The summed E-state index contributed by atoms with van der Waals surface area (Å²) in [4.78, 5) is 17.1. The molecule has 1 aliphatic heterocycles. The van der Waals surface area contributed by atoms with Crippen molar-refractivity contribution in [2.75, 3.05) is 0 Å². The SMILES string of the molecule is O=C1N[C@@H](c2cncc(-c3ccccc3)c2)[C@H](c2cccs2)O1. The first-order valence-corrected chi connectivity index (χ1v) is 8.20. The molecule has 3 heterocycles. The largest absolute Gasteiger partial charge is 0.438 e. The third kappa shape index (κ3) is 2.71. The summed E-state index contributed by atoms with van der Waals surface area (Å²) in [5, 5.41) is 4.88. The molecule has 1 aromatic carbocycles. The number of carbonyl (C=O) groups excluding carboxylic acids is 1. The fourth-order valence-electron chi connectivity index (χ4n) is 2.77. The van der Waals surface area contributed by atoms with Crippen molar-refractivity contribution >= 4 is 17.4 Å². The van der Waals surface area contributed by atoms with Crippen molar-refractivity contribution < 1.29 is 9.53 Å². The van der Waals surface area contributed by atoms with E-state index in [-0.39, 0.29) is 12.1 Å². The molecule has 5 heteroatoms. The summed E-state index contributed by atoms with van der Waals surface area (Å²) in [6, 6.07) is 15.8. The number of thiophene rings is 1. The standard InChI is InChI=1S/C18H14N2O2S/c21-18-20-16(17(22-18)15-7-4-8-23-15)14-9-13(10-19-11-14)12-5-2-1-3-6-12/h1-11,16-17H,(H,20,21)/t16-,17-/m0/s1. The summed E-state index contributed by atoms with van der Waals surface area (Å²) in [7, 11) is 0. The third-order valence-electron chi connectivity index (χ3n) is 3.86. The van der Waals surface area contributed by atoms with Gasteiger partial charge in [0.15, 0.2) is 6.10 Å². The highest BCUT2D eigenvalue weighted by molar-refractivity contribution is 7.10. The summed E-state index contributed by atoms with van der Waals surface area (Å²) in [5.41, 5.74) is 3.06. The Morgan fingerprint density at radius 1 is 1.04 bits per heavy atom. The number of hydrogen-bond acceptors (Lipinski definition) is 4. The van der Waals surface area contributed by atoms with Gasteiger partial charge >= 0.3 is 6.09 Å². The second kappa shape index (κ2) is 5.85. The average Bonchev–Trinajstić information content (AvgIpc) is 3.25. The second-order valence-corrected chi connectivity index (χ2v) is 6.32. The van der Waals surface area contributed by atoms with Gasteiger partial charge < -0.3 is 10.1 Å². The van der Waals surface area contributed by atoms with Crippen LogP contribution in [0.5, 0.6) is 0 Å². The Kier molecular flexibility index (Phi) is 3.55. The Bertz CT molecular complexity index is 818. The molecular formula is C18H14N2O2S. The van der Waals surface area contributed by atoms with Crippen LogP contribution in [0.1, 0.15) is 22.6 Å². The summed E-state index contributed by atoms with van der Waals surface area (Å²) < 4.78 is 5.45. The molecule has 0 saturated carbocycles. The van der Waals surface area contributed by atoms with Crippen molar-refractivity contribution in [2.24, 2.45) is 0 Å². The smallest absolute Gasteiger partial charge is 0.408 e. The van der Waals surface area contributed by atoms with Gasteiger partial charge in [-0.25, -0.2) is 4.79 Å². The fraction of sp³-hybridized carbons (Fsp3) is 0.111. The normalized spacial score (nSPS) is 20.1. The van der Waals surface area contributed by atoms with Crippen LogP contribution >= 0.6 is 11.3 Å². The van der Waals surface area contributed by atoms with Crippen LogP contribution in [0.15, 0.2) is 66.3 Å². The molecule has 2 atom stereocenters. The Morgan fingerprint density at radius 3 is 2.70 bits per heavy atom. The molecule has 0 spiro atoms. The highest BCUT2D eigenvalue weighted by atomic mass is 32.1. The summed E-state index contributed by atoms with van der Waals surface area (Å²) in [5.74, 6) is 0. The number of nitrogens with one attached hydrogen (secondary N) is 1. The van der Waals surface area contributed by atoms with E-state index in [2.05, 4.69) is 16.4 Å². The summed E-state index contributed by atoms with van der Waals surface area (Å²) in [6.45, 7) is 0.